The molecule has 4 aromatic rings. The maximum absolute atomic E-state index is 10.4. The van der Waals surface area contributed by atoms with Gasteiger partial charge in [-0.1, -0.05) is 48.2 Å². The van der Waals surface area contributed by atoms with Gasteiger partial charge in [0.2, 0.25) is 0 Å². The van der Waals surface area contributed by atoms with Crippen LogP contribution in [0.3, 0.4) is 0 Å². The summed E-state index contributed by atoms with van der Waals surface area (Å²) in [5, 5.41) is 15.5. The molecule has 0 atom stereocenters. The van der Waals surface area contributed by atoms with Gasteiger partial charge in [-0.05, 0) is 46.2 Å². The van der Waals surface area contributed by atoms with Crippen molar-refractivity contribution in [1.29, 1.82) is 0 Å². The number of rotatable bonds is 3. The van der Waals surface area contributed by atoms with Crippen molar-refractivity contribution in [3.63, 3.8) is 0 Å². The third-order valence-corrected chi connectivity index (χ3v) is 5.01. The molecule has 0 bridgehead atoms. The zero-order valence-electron chi connectivity index (χ0n) is 14.1. The standard InChI is InChI=1S/C23H17NOS/c25-22-16-19-10-9-18(7-4-8-23-24-11-12-26-23)13-20(19)15-21(22)14-17-5-2-1-3-6-17/h1-3,5-6,9-13,15-16,25H,8,14H2. The SMILES string of the molecule is Oc1cc2ccc(C#CCc3nccs3)cc2cc1Cc1ccccc1. The molecule has 0 amide bonds. The second-order valence-corrected chi connectivity index (χ2v) is 7.09. The summed E-state index contributed by atoms with van der Waals surface area (Å²) < 4.78 is 0. The summed E-state index contributed by atoms with van der Waals surface area (Å²) in [4.78, 5) is 4.25. The largest absolute Gasteiger partial charge is 0.508 e. The van der Waals surface area contributed by atoms with Crippen LogP contribution in [-0.2, 0) is 12.8 Å². The summed E-state index contributed by atoms with van der Waals surface area (Å²) in [6.45, 7) is 0. The monoisotopic (exact) mass is 355 g/mol. The Hall–Kier alpha value is -3.09. The lowest BCUT2D eigenvalue weighted by atomic mass is 9.99. The first-order chi connectivity index (χ1) is 12.8. The van der Waals surface area contributed by atoms with E-state index in [4.69, 9.17) is 0 Å². The average molecular weight is 355 g/mol. The summed E-state index contributed by atoms with van der Waals surface area (Å²) in [6.07, 6.45) is 3.19. The Morgan fingerprint density at radius 1 is 0.962 bits per heavy atom. The highest BCUT2D eigenvalue weighted by molar-refractivity contribution is 7.09. The first-order valence-electron chi connectivity index (χ1n) is 8.45. The van der Waals surface area contributed by atoms with Gasteiger partial charge >= 0.3 is 0 Å². The lowest BCUT2D eigenvalue weighted by molar-refractivity contribution is 0.470. The van der Waals surface area contributed by atoms with Crippen LogP contribution in [0.1, 0.15) is 21.7 Å². The highest BCUT2D eigenvalue weighted by atomic mass is 32.1. The molecule has 1 aromatic heterocycles. The second-order valence-electron chi connectivity index (χ2n) is 6.11. The van der Waals surface area contributed by atoms with E-state index < -0.39 is 0 Å². The van der Waals surface area contributed by atoms with E-state index in [1.165, 1.54) is 5.56 Å². The molecule has 26 heavy (non-hydrogen) atoms. The van der Waals surface area contributed by atoms with E-state index in [2.05, 4.69) is 41.1 Å². The third kappa shape index (κ3) is 3.77. The molecule has 126 valence electrons. The summed E-state index contributed by atoms with van der Waals surface area (Å²) >= 11 is 1.62. The fourth-order valence-corrected chi connectivity index (χ4v) is 3.49. The van der Waals surface area contributed by atoms with Crippen LogP contribution >= 0.6 is 11.3 Å². The number of aromatic nitrogens is 1. The highest BCUT2D eigenvalue weighted by Gasteiger charge is 2.06. The van der Waals surface area contributed by atoms with Crippen molar-refractivity contribution in [2.24, 2.45) is 0 Å². The molecule has 4 rings (SSSR count). The summed E-state index contributed by atoms with van der Waals surface area (Å²) in [5.41, 5.74) is 3.09. The molecule has 2 nitrogen and oxygen atoms in total. The molecular weight excluding hydrogens is 338 g/mol. The Bertz CT molecular complexity index is 1090. The van der Waals surface area contributed by atoms with Crippen LogP contribution in [0.25, 0.3) is 10.8 Å². The Kier molecular flexibility index (Phi) is 4.68. The maximum atomic E-state index is 10.4. The van der Waals surface area contributed by atoms with Gasteiger partial charge in [0.1, 0.15) is 10.8 Å². The molecule has 0 fully saturated rings. The molecule has 1 heterocycles. The number of fused-ring (bicyclic) bond motifs is 1. The summed E-state index contributed by atoms with van der Waals surface area (Å²) in [5.74, 6) is 6.73. The quantitative estimate of drug-likeness (QED) is 0.513. The van der Waals surface area contributed by atoms with Crippen molar-refractivity contribution < 1.29 is 5.11 Å². The number of aromatic hydroxyl groups is 1. The number of phenols is 1. The fourth-order valence-electron chi connectivity index (χ4n) is 2.93. The smallest absolute Gasteiger partial charge is 0.119 e. The average Bonchev–Trinajstić information content (AvgIpc) is 3.17. The first-order valence-corrected chi connectivity index (χ1v) is 9.33. The second kappa shape index (κ2) is 7.43. The van der Waals surface area contributed by atoms with Crippen molar-refractivity contribution in [1.82, 2.24) is 4.98 Å². The molecule has 3 aromatic carbocycles. The van der Waals surface area contributed by atoms with E-state index in [1.54, 1.807) is 17.5 Å². The molecule has 0 saturated carbocycles. The van der Waals surface area contributed by atoms with Crippen LogP contribution in [0.2, 0.25) is 0 Å². The first kappa shape index (κ1) is 16.4. The van der Waals surface area contributed by atoms with Gasteiger partial charge < -0.3 is 5.11 Å². The van der Waals surface area contributed by atoms with Gasteiger partial charge in [0.15, 0.2) is 0 Å². The van der Waals surface area contributed by atoms with Gasteiger partial charge in [-0.2, -0.15) is 0 Å². The van der Waals surface area contributed by atoms with E-state index >= 15 is 0 Å². The predicted molar refractivity (Wildman–Crippen MR) is 108 cm³/mol. The maximum Gasteiger partial charge on any atom is 0.119 e. The van der Waals surface area contributed by atoms with Crippen molar-refractivity contribution in [3.8, 4) is 17.6 Å². The van der Waals surface area contributed by atoms with Crippen LogP contribution in [0.4, 0.5) is 0 Å². The number of nitrogens with zero attached hydrogens (tertiary/aromatic N) is 1. The van der Waals surface area contributed by atoms with Crippen LogP contribution in [0, 0.1) is 11.8 Å². The topological polar surface area (TPSA) is 33.1 Å². The Labute approximate surface area is 156 Å². The molecule has 0 spiro atoms. The van der Waals surface area contributed by atoms with Gasteiger partial charge in [-0.3, -0.25) is 0 Å². The zero-order valence-corrected chi connectivity index (χ0v) is 15.0. The number of phenolic OH excluding ortho intramolecular Hbond substituents is 1. The van der Waals surface area contributed by atoms with E-state index in [-0.39, 0.29) is 0 Å². The lowest BCUT2D eigenvalue weighted by Crippen LogP contribution is -1.89. The third-order valence-electron chi connectivity index (χ3n) is 4.23. The number of thiazole rings is 1. The van der Waals surface area contributed by atoms with Gasteiger partial charge in [-0.25, -0.2) is 4.98 Å². The summed E-state index contributed by atoms with van der Waals surface area (Å²) in [6, 6.07) is 20.2. The molecule has 1 N–H and O–H groups in total. The van der Waals surface area contributed by atoms with Gasteiger partial charge in [0, 0.05) is 23.6 Å². The molecule has 0 aliphatic rings. The lowest BCUT2D eigenvalue weighted by Gasteiger charge is -2.08. The molecule has 0 aliphatic carbocycles. The minimum absolute atomic E-state index is 0.337. The van der Waals surface area contributed by atoms with Gasteiger partial charge in [0.25, 0.3) is 0 Å². The van der Waals surface area contributed by atoms with Crippen LogP contribution in [-0.4, -0.2) is 10.1 Å². The molecule has 3 heteroatoms. The summed E-state index contributed by atoms with van der Waals surface area (Å²) in [7, 11) is 0. The van der Waals surface area contributed by atoms with E-state index in [0.29, 0.717) is 18.6 Å². The van der Waals surface area contributed by atoms with Gasteiger partial charge in [-0.15, -0.1) is 11.3 Å². The van der Waals surface area contributed by atoms with Crippen LogP contribution in [0.5, 0.6) is 5.75 Å². The molecule has 0 aliphatic heterocycles. The minimum Gasteiger partial charge on any atom is -0.508 e. The van der Waals surface area contributed by atoms with Crippen molar-refractivity contribution in [2.45, 2.75) is 12.8 Å². The Morgan fingerprint density at radius 2 is 1.85 bits per heavy atom. The fraction of sp³-hybridized carbons (Fsp3) is 0.0870. The van der Waals surface area contributed by atoms with Crippen molar-refractivity contribution in [2.75, 3.05) is 0 Å². The number of hydrogen-bond acceptors (Lipinski definition) is 3. The molecule has 0 radical (unpaired) electrons. The van der Waals surface area contributed by atoms with Crippen LogP contribution in [0.15, 0.2) is 72.2 Å². The zero-order chi connectivity index (χ0) is 17.8. The van der Waals surface area contributed by atoms with Crippen molar-refractivity contribution >= 4 is 22.1 Å². The van der Waals surface area contributed by atoms with Crippen LogP contribution < -0.4 is 0 Å². The van der Waals surface area contributed by atoms with E-state index in [9.17, 15) is 5.11 Å². The Balaban J connectivity index is 1.62. The molecular formula is C23H17NOS. The predicted octanol–water partition coefficient (Wildman–Crippen LogP) is 5.19. The Morgan fingerprint density at radius 3 is 2.65 bits per heavy atom. The number of hydrogen-bond donors (Lipinski definition) is 1. The number of benzene rings is 3. The van der Waals surface area contributed by atoms with Crippen molar-refractivity contribution in [3.05, 3.63) is 93.9 Å². The normalized spacial score (nSPS) is 10.5. The molecule has 0 saturated heterocycles. The minimum atomic E-state index is 0.337. The van der Waals surface area contributed by atoms with E-state index in [1.807, 2.05) is 41.8 Å². The highest BCUT2D eigenvalue weighted by Crippen LogP contribution is 2.27. The van der Waals surface area contributed by atoms with E-state index in [0.717, 1.165) is 26.9 Å². The molecule has 0 unspecified atom stereocenters. The van der Waals surface area contributed by atoms with Gasteiger partial charge in [0.05, 0.1) is 6.42 Å².